The summed E-state index contributed by atoms with van der Waals surface area (Å²) in [4.78, 5) is 0. The lowest BCUT2D eigenvalue weighted by Gasteiger charge is -2.00. The molecule has 1 aliphatic carbocycles. The smallest absolute Gasteiger partial charge is 0.169 e. The predicted octanol–water partition coefficient (Wildman–Crippen LogP) is 1.76. The average Bonchev–Trinajstić information content (AvgIpc) is 3.09. The van der Waals surface area contributed by atoms with Gasteiger partial charge in [-0.3, -0.25) is 0 Å². The maximum absolute atomic E-state index is 13.2. The van der Waals surface area contributed by atoms with Gasteiger partial charge in [0.25, 0.3) is 0 Å². The van der Waals surface area contributed by atoms with Crippen LogP contribution in [0.2, 0.25) is 0 Å². The molecule has 1 saturated carbocycles. The molecule has 6 heteroatoms. The van der Waals surface area contributed by atoms with Gasteiger partial charge in [-0.15, -0.1) is 0 Å². The molecule has 0 radical (unpaired) electrons. The van der Waals surface area contributed by atoms with Crippen LogP contribution in [0.4, 0.5) is 4.39 Å². The molecule has 0 aromatic heterocycles. The Bertz CT molecular complexity index is 686. The van der Waals surface area contributed by atoms with E-state index in [9.17, 15) is 12.8 Å². The molecule has 0 heterocycles. The van der Waals surface area contributed by atoms with E-state index in [1.807, 2.05) is 0 Å². The van der Waals surface area contributed by atoms with E-state index in [4.69, 9.17) is 10.5 Å². The molecular weight excluding hydrogens is 267 g/mol. The Balaban J connectivity index is 2.53. The van der Waals surface area contributed by atoms with Crippen LogP contribution in [0.15, 0.2) is 24.3 Å². The number of hydrogen-bond donors (Lipinski definition) is 0. The van der Waals surface area contributed by atoms with Crippen molar-refractivity contribution in [3.05, 3.63) is 35.6 Å². The molecule has 1 fully saturated rings. The number of halogens is 1. The number of rotatable bonds is 3. The number of hydrogen-bond acceptors (Lipinski definition) is 4. The minimum atomic E-state index is -3.53. The van der Waals surface area contributed by atoms with Crippen LogP contribution in [-0.2, 0) is 9.84 Å². The molecule has 0 N–H and O–H groups in total. The zero-order chi connectivity index (χ0) is 14.3. The van der Waals surface area contributed by atoms with Crippen molar-refractivity contribution in [1.29, 1.82) is 10.5 Å². The Morgan fingerprint density at radius 1 is 1.37 bits per heavy atom. The van der Waals surface area contributed by atoms with Crippen molar-refractivity contribution >= 4 is 9.84 Å². The zero-order valence-corrected chi connectivity index (χ0v) is 11.0. The lowest BCUT2D eigenvalue weighted by Crippen LogP contribution is -2.15. The first-order chi connectivity index (χ1) is 8.93. The molecule has 1 aromatic rings. The third-order valence-corrected chi connectivity index (χ3v) is 5.72. The quantitative estimate of drug-likeness (QED) is 0.843. The van der Waals surface area contributed by atoms with E-state index in [0.29, 0.717) is 5.56 Å². The first-order valence-corrected chi connectivity index (χ1v) is 7.44. The Morgan fingerprint density at radius 3 is 2.47 bits per heavy atom. The largest absolute Gasteiger partial charge is 0.228 e. The topological polar surface area (TPSA) is 81.7 Å². The highest BCUT2D eigenvalue weighted by atomic mass is 32.2. The Kier molecular flexibility index (Phi) is 3.07. The standard InChI is InChI=1S/C13H11FN2O2S/c1-2-19(17,18)12-11(13(12,7-15)8-16)9-4-3-5-10(14)6-9/h3-6,11-12H,2H2,1H3/t11-,12-/m1/s1. The van der Waals surface area contributed by atoms with Gasteiger partial charge in [0.05, 0.1) is 12.1 Å². The third-order valence-electron chi connectivity index (χ3n) is 3.50. The van der Waals surface area contributed by atoms with Crippen molar-refractivity contribution in [3.63, 3.8) is 0 Å². The van der Waals surface area contributed by atoms with Crippen LogP contribution in [0.25, 0.3) is 0 Å². The molecule has 0 spiro atoms. The molecule has 19 heavy (non-hydrogen) atoms. The van der Waals surface area contributed by atoms with Crippen molar-refractivity contribution in [1.82, 2.24) is 0 Å². The minimum absolute atomic E-state index is 0.144. The summed E-state index contributed by atoms with van der Waals surface area (Å²) in [6, 6.07) is 8.99. The van der Waals surface area contributed by atoms with E-state index in [2.05, 4.69) is 0 Å². The normalized spacial score (nSPS) is 24.2. The maximum atomic E-state index is 13.2. The van der Waals surface area contributed by atoms with E-state index in [1.54, 1.807) is 18.2 Å². The van der Waals surface area contributed by atoms with Crippen molar-refractivity contribution in [2.24, 2.45) is 5.41 Å². The van der Waals surface area contributed by atoms with Gasteiger partial charge in [0, 0.05) is 11.7 Å². The maximum Gasteiger partial charge on any atom is 0.169 e. The molecule has 2 rings (SSSR count). The van der Waals surface area contributed by atoms with Crippen LogP contribution in [0, 0.1) is 33.9 Å². The molecule has 0 bridgehead atoms. The highest BCUT2D eigenvalue weighted by Crippen LogP contribution is 2.62. The summed E-state index contributed by atoms with van der Waals surface area (Å²) >= 11 is 0. The molecule has 1 aromatic carbocycles. The molecular formula is C13H11FN2O2S. The summed E-state index contributed by atoms with van der Waals surface area (Å²) < 4.78 is 37.1. The molecule has 1 aliphatic rings. The van der Waals surface area contributed by atoms with Gasteiger partial charge in [-0.25, -0.2) is 12.8 Å². The molecule has 4 nitrogen and oxygen atoms in total. The van der Waals surface area contributed by atoms with E-state index >= 15 is 0 Å². The number of nitriles is 2. The Morgan fingerprint density at radius 2 is 2.00 bits per heavy atom. The number of sulfone groups is 1. The molecule has 2 atom stereocenters. The highest BCUT2D eigenvalue weighted by molar-refractivity contribution is 7.92. The Hall–Kier alpha value is -1.92. The summed E-state index contributed by atoms with van der Waals surface area (Å²) in [7, 11) is -3.53. The van der Waals surface area contributed by atoms with Crippen LogP contribution in [0.3, 0.4) is 0 Å². The van der Waals surface area contributed by atoms with E-state index < -0.39 is 32.2 Å². The van der Waals surface area contributed by atoms with Gasteiger partial charge in [0.1, 0.15) is 11.1 Å². The highest BCUT2D eigenvalue weighted by Gasteiger charge is 2.72. The number of nitrogens with zero attached hydrogens (tertiary/aromatic N) is 2. The third kappa shape index (κ3) is 1.89. The van der Waals surface area contributed by atoms with Gasteiger partial charge >= 0.3 is 0 Å². The summed E-state index contributed by atoms with van der Waals surface area (Å²) in [5.74, 6) is -1.43. The summed E-state index contributed by atoms with van der Waals surface area (Å²) in [6.45, 7) is 1.47. The number of benzene rings is 1. The fourth-order valence-electron chi connectivity index (χ4n) is 2.46. The monoisotopic (exact) mass is 278 g/mol. The van der Waals surface area contributed by atoms with Crippen LogP contribution in [0.5, 0.6) is 0 Å². The molecule has 98 valence electrons. The van der Waals surface area contributed by atoms with Gasteiger partial charge < -0.3 is 0 Å². The predicted molar refractivity (Wildman–Crippen MR) is 66.0 cm³/mol. The van der Waals surface area contributed by atoms with E-state index in [0.717, 1.165) is 0 Å². The van der Waals surface area contributed by atoms with E-state index in [1.165, 1.54) is 25.1 Å². The van der Waals surface area contributed by atoms with Crippen molar-refractivity contribution in [2.45, 2.75) is 18.1 Å². The first kappa shape index (κ1) is 13.5. The Labute approximate surface area is 111 Å². The van der Waals surface area contributed by atoms with Crippen molar-refractivity contribution in [2.75, 3.05) is 5.75 Å². The first-order valence-electron chi connectivity index (χ1n) is 5.72. The van der Waals surface area contributed by atoms with Crippen molar-refractivity contribution in [3.8, 4) is 12.1 Å². The second kappa shape index (κ2) is 4.32. The lowest BCUT2D eigenvalue weighted by molar-refractivity contribution is 0.592. The van der Waals surface area contributed by atoms with Crippen molar-refractivity contribution < 1.29 is 12.8 Å². The summed E-state index contributed by atoms with van der Waals surface area (Å²) in [5, 5.41) is 17.2. The SMILES string of the molecule is CCS(=O)(=O)[C@@H]1[C@@H](c2cccc(F)c2)C1(C#N)C#N. The molecule has 0 unspecified atom stereocenters. The lowest BCUT2D eigenvalue weighted by atomic mass is 10.0. The van der Waals surface area contributed by atoms with Gasteiger partial charge in [0.2, 0.25) is 0 Å². The van der Waals surface area contributed by atoms with Gasteiger partial charge in [-0.1, -0.05) is 19.1 Å². The fraction of sp³-hybridized carbons (Fsp3) is 0.385. The van der Waals surface area contributed by atoms with Crippen LogP contribution in [-0.4, -0.2) is 19.4 Å². The van der Waals surface area contributed by atoms with Crippen LogP contribution < -0.4 is 0 Å². The second-order valence-electron chi connectivity index (χ2n) is 4.50. The minimum Gasteiger partial charge on any atom is -0.228 e. The van der Waals surface area contributed by atoms with Crippen LogP contribution in [0.1, 0.15) is 18.4 Å². The second-order valence-corrected chi connectivity index (χ2v) is 6.91. The average molecular weight is 278 g/mol. The fourth-order valence-corrected chi connectivity index (χ4v) is 4.34. The van der Waals surface area contributed by atoms with Crippen LogP contribution >= 0.6 is 0 Å². The van der Waals surface area contributed by atoms with Gasteiger partial charge in [-0.2, -0.15) is 10.5 Å². The summed E-state index contributed by atoms with van der Waals surface area (Å²) in [5.41, 5.74) is -1.21. The summed E-state index contributed by atoms with van der Waals surface area (Å²) in [6.07, 6.45) is 0. The van der Waals surface area contributed by atoms with Gasteiger partial charge in [-0.05, 0) is 17.7 Å². The van der Waals surface area contributed by atoms with Gasteiger partial charge in [0.15, 0.2) is 15.3 Å². The molecule has 0 amide bonds. The molecule has 0 saturated heterocycles. The zero-order valence-electron chi connectivity index (χ0n) is 10.2. The molecule has 0 aliphatic heterocycles. The van der Waals surface area contributed by atoms with E-state index in [-0.39, 0.29) is 5.75 Å².